The van der Waals surface area contributed by atoms with Gasteiger partial charge in [-0.3, -0.25) is 9.80 Å². The SMILES string of the molecule is CC(O)c1cc2cnc(Nc3ccc(CN4CCN(CCO)CC4)cn3)nc2c(N2CCS(=O)(=O)CC2)n1. The molecule has 5 rings (SSSR count). The summed E-state index contributed by atoms with van der Waals surface area (Å²) in [5.74, 6) is 1.62. The Morgan fingerprint density at radius 2 is 1.74 bits per heavy atom. The monoisotopic (exact) mass is 542 g/mol. The smallest absolute Gasteiger partial charge is 0.229 e. The molecular weight excluding hydrogens is 508 g/mol. The van der Waals surface area contributed by atoms with Crippen LogP contribution in [0.1, 0.15) is 24.3 Å². The van der Waals surface area contributed by atoms with E-state index in [1.807, 2.05) is 23.2 Å². The van der Waals surface area contributed by atoms with Gasteiger partial charge in [0.2, 0.25) is 5.95 Å². The van der Waals surface area contributed by atoms with Gasteiger partial charge in [-0.05, 0) is 24.6 Å². The molecule has 0 spiro atoms. The molecule has 3 aromatic rings. The van der Waals surface area contributed by atoms with Crippen LogP contribution >= 0.6 is 0 Å². The van der Waals surface area contributed by atoms with Crippen LogP contribution in [-0.2, 0) is 16.4 Å². The number of nitrogens with one attached hydrogen (secondary N) is 1. The number of nitrogens with zero attached hydrogens (tertiary/aromatic N) is 7. The first-order valence-electron chi connectivity index (χ1n) is 12.9. The number of fused-ring (bicyclic) bond motifs is 1. The third-order valence-electron chi connectivity index (χ3n) is 6.99. The molecule has 2 aliphatic rings. The van der Waals surface area contributed by atoms with Gasteiger partial charge in [-0.25, -0.2) is 28.4 Å². The minimum absolute atomic E-state index is 0.0554. The van der Waals surface area contributed by atoms with E-state index in [1.165, 1.54) is 0 Å². The molecule has 2 saturated heterocycles. The van der Waals surface area contributed by atoms with Gasteiger partial charge in [0.05, 0.1) is 29.9 Å². The zero-order chi connectivity index (χ0) is 26.7. The fraction of sp³-hybridized carbons (Fsp3) is 0.520. The van der Waals surface area contributed by atoms with Crippen molar-refractivity contribution < 1.29 is 18.6 Å². The number of β-amino-alcohol motifs (C(OH)–C–C–N with tert-alkyl or cyclic N) is 1. The third-order valence-corrected chi connectivity index (χ3v) is 8.60. The molecule has 0 bridgehead atoms. The maximum absolute atomic E-state index is 12.0. The second-order valence-electron chi connectivity index (χ2n) is 9.84. The van der Waals surface area contributed by atoms with Crippen molar-refractivity contribution in [2.75, 3.05) is 74.1 Å². The first-order chi connectivity index (χ1) is 18.3. The molecule has 204 valence electrons. The van der Waals surface area contributed by atoms with E-state index >= 15 is 0 Å². The van der Waals surface area contributed by atoms with E-state index in [2.05, 4.69) is 30.1 Å². The Balaban J connectivity index is 1.31. The predicted molar refractivity (Wildman–Crippen MR) is 145 cm³/mol. The normalized spacial score (nSPS) is 19.5. The minimum Gasteiger partial charge on any atom is -0.395 e. The molecule has 0 radical (unpaired) electrons. The molecule has 1 atom stereocenters. The van der Waals surface area contributed by atoms with Gasteiger partial charge in [-0.2, -0.15) is 0 Å². The Kier molecular flexibility index (Phi) is 8.00. The maximum Gasteiger partial charge on any atom is 0.229 e. The highest BCUT2D eigenvalue weighted by Gasteiger charge is 2.25. The molecule has 1 unspecified atom stereocenters. The molecule has 38 heavy (non-hydrogen) atoms. The van der Waals surface area contributed by atoms with Gasteiger partial charge in [-0.1, -0.05) is 6.07 Å². The minimum atomic E-state index is -3.06. The van der Waals surface area contributed by atoms with Gasteiger partial charge in [0.15, 0.2) is 15.7 Å². The Morgan fingerprint density at radius 3 is 2.39 bits per heavy atom. The molecule has 13 heteroatoms. The topological polar surface area (TPSA) is 148 Å². The van der Waals surface area contributed by atoms with Crippen LogP contribution in [0.2, 0.25) is 0 Å². The van der Waals surface area contributed by atoms with Crippen LogP contribution in [0.4, 0.5) is 17.6 Å². The lowest BCUT2D eigenvalue weighted by Gasteiger charge is -2.34. The molecule has 0 aromatic carbocycles. The first kappa shape index (κ1) is 26.6. The average Bonchev–Trinajstić information content (AvgIpc) is 2.90. The Morgan fingerprint density at radius 1 is 1.00 bits per heavy atom. The largest absolute Gasteiger partial charge is 0.395 e. The molecule has 0 aliphatic carbocycles. The lowest BCUT2D eigenvalue weighted by atomic mass is 10.2. The number of aromatic nitrogens is 4. The number of aliphatic hydroxyl groups excluding tert-OH is 2. The van der Waals surface area contributed by atoms with Gasteiger partial charge >= 0.3 is 0 Å². The number of hydrogen-bond donors (Lipinski definition) is 3. The number of pyridine rings is 2. The number of anilines is 3. The van der Waals surface area contributed by atoms with Crippen molar-refractivity contribution in [3.8, 4) is 0 Å². The van der Waals surface area contributed by atoms with E-state index in [-0.39, 0.29) is 18.1 Å². The Hall–Kier alpha value is -2.97. The van der Waals surface area contributed by atoms with Gasteiger partial charge in [0.1, 0.15) is 11.3 Å². The molecule has 2 aliphatic heterocycles. The summed E-state index contributed by atoms with van der Waals surface area (Å²) < 4.78 is 23.9. The summed E-state index contributed by atoms with van der Waals surface area (Å²) in [4.78, 5) is 24.9. The summed E-state index contributed by atoms with van der Waals surface area (Å²) in [6.07, 6.45) is 2.74. The Bertz CT molecular complexity index is 1350. The molecule has 3 N–H and O–H groups in total. The maximum atomic E-state index is 12.0. The van der Waals surface area contributed by atoms with Crippen molar-refractivity contribution in [1.29, 1.82) is 0 Å². The molecule has 12 nitrogen and oxygen atoms in total. The van der Waals surface area contributed by atoms with Crippen LogP contribution in [0.15, 0.2) is 30.6 Å². The summed E-state index contributed by atoms with van der Waals surface area (Å²) in [5, 5.41) is 23.1. The van der Waals surface area contributed by atoms with Crippen LogP contribution in [0.5, 0.6) is 0 Å². The van der Waals surface area contributed by atoms with E-state index in [9.17, 15) is 13.5 Å². The van der Waals surface area contributed by atoms with Gasteiger partial charge in [0.25, 0.3) is 0 Å². The molecule has 0 saturated carbocycles. The van der Waals surface area contributed by atoms with Crippen LogP contribution in [-0.4, -0.2) is 112 Å². The van der Waals surface area contributed by atoms with E-state index in [0.29, 0.717) is 47.3 Å². The van der Waals surface area contributed by atoms with Crippen molar-refractivity contribution in [1.82, 2.24) is 29.7 Å². The summed E-state index contributed by atoms with van der Waals surface area (Å²) in [6.45, 7) is 7.85. The molecule has 3 aromatic heterocycles. The molecule has 2 fully saturated rings. The summed E-state index contributed by atoms with van der Waals surface area (Å²) >= 11 is 0. The van der Waals surface area contributed by atoms with E-state index in [0.717, 1.165) is 44.8 Å². The highest BCUT2D eigenvalue weighted by atomic mass is 32.2. The fourth-order valence-electron chi connectivity index (χ4n) is 4.74. The third kappa shape index (κ3) is 6.35. The average molecular weight is 543 g/mol. The zero-order valence-corrected chi connectivity index (χ0v) is 22.3. The van der Waals surface area contributed by atoms with Crippen molar-refractivity contribution in [3.63, 3.8) is 0 Å². The van der Waals surface area contributed by atoms with Crippen LogP contribution in [0, 0.1) is 0 Å². The van der Waals surface area contributed by atoms with Crippen molar-refractivity contribution in [3.05, 3.63) is 41.9 Å². The van der Waals surface area contributed by atoms with Crippen molar-refractivity contribution in [2.45, 2.75) is 19.6 Å². The van der Waals surface area contributed by atoms with Gasteiger partial charge in [0, 0.05) is 70.1 Å². The van der Waals surface area contributed by atoms with Gasteiger partial charge in [-0.15, -0.1) is 0 Å². The number of piperazine rings is 1. The highest BCUT2D eigenvalue weighted by molar-refractivity contribution is 7.91. The van der Waals surface area contributed by atoms with Crippen LogP contribution in [0.25, 0.3) is 10.9 Å². The highest BCUT2D eigenvalue weighted by Crippen LogP contribution is 2.28. The summed E-state index contributed by atoms with van der Waals surface area (Å²) in [7, 11) is -3.06. The number of sulfone groups is 1. The number of aliphatic hydroxyl groups is 2. The lowest BCUT2D eigenvalue weighted by Crippen LogP contribution is -2.46. The second-order valence-corrected chi connectivity index (χ2v) is 12.1. The van der Waals surface area contributed by atoms with Crippen LogP contribution < -0.4 is 10.2 Å². The number of rotatable bonds is 8. The van der Waals surface area contributed by atoms with Crippen molar-refractivity contribution >= 4 is 38.3 Å². The van der Waals surface area contributed by atoms with E-state index < -0.39 is 15.9 Å². The summed E-state index contributed by atoms with van der Waals surface area (Å²) in [5.41, 5.74) is 2.18. The summed E-state index contributed by atoms with van der Waals surface area (Å²) in [6, 6.07) is 5.69. The van der Waals surface area contributed by atoms with Crippen LogP contribution in [0.3, 0.4) is 0 Å². The van der Waals surface area contributed by atoms with Gasteiger partial charge < -0.3 is 20.4 Å². The predicted octanol–water partition coefficient (Wildman–Crippen LogP) is 0.561. The molecule has 0 amide bonds. The van der Waals surface area contributed by atoms with E-state index in [1.54, 1.807) is 19.2 Å². The quantitative estimate of drug-likeness (QED) is 0.365. The van der Waals surface area contributed by atoms with Crippen molar-refractivity contribution in [2.24, 2.45) is 0 Å². The Labute approximate surface area is 222 Å². The standard InChI is InChI=1S/C25H34N8O4S/c1-18(35)21-14-20-16-27-25(30-23(20)24(28-21)33-9-12-38(36,37)13-10-33)29-22-3-2-19(15-26-22)17-32-6-4-31(5-7-32)8-11-34/h2-3,14-16,18,34-35H,4-13,17H2,1H3,(H,26,27,29,30). The van der Waals surface area contributed by atoms with E-state index in [4.69, 9.17) is 10.1 Å². The number of hydrogen-bond acceptors (Lipinski definition) is 12. The zero-order valence-electron chi connectivity index (χ0n) is 21.5. The fourth-order valence-corrected chi connectivity index (χ4v) is 5.94. The molecule has 5 heterocycles. The second kappa shape index (κ2) is 11.4. The molecular formula is C25H34N8O4S. The lowest BCUT2D eigenvalue weighted by molar-refractivity contribution is 0.108. The first-order valence-corrected chi connectivity index (χ1v) is 14.7.